The molecule has 3 aromatic rings. The second-order valence-corrected chi connectivity index (χ2v) is 6.92. The molecule has 0 radical (unpaired) electrons. The van der Waals surface area contributed by atoms with Gasteiger partial charge in [0.15, 0.2) is 0 Å². The molecule has 0 aliphatic carbocycles. The van der Waals surface area contributed by atoms with Crippen molar-refractivity contribution in [2.45, 2.75) is 13.5 Å². The smallest absolute Gasteiger partial charge is 0.227 e. The third-order valence-corrected chi connectivity index (χ3v) is 4.87. The van der Waals surface area contributed by atoms with E-state index in [2.05, 4.69) is 30.1 Å². The highest BCUT2D eigenvalue weighted by molar-refractivity contribution is 5.46. The van der Waals surface area contributed by atoms with E-state index in [0.29, 0.717) is 6.54 Å². The maximum Gasteiger partial charge on any atom is 0.227 e. The largest absolute Gasteiger partial charge is 0.497 e. The number of benzene rings is 1. The number of piperazine rings is 1. The first-order valence-electron chi connectivity index (χ1n) is 9.71. The van der Waals surface area contributed by atoms with E-state index in [-0.39, 0.29) is 0 Å². The molecule has 1 aliphatic rings. The fraction of sp³-hybridized carbons (Fsp3) is 0.333. The zero-order valence-corrected chi connectivity index (χ0v) is 16.7. The Morgan fingerprint density at radius 2 is 1.59 bits per heavy atom. The third-order valence-electron chi connectivity index (χ3n) is 4.87. The molecule has 8 nitrogen and oxygen atoms in total. The lowest BCUT2D eigenvalue weighted by Crippen LogP contribution is -2.47. The van der Waals surface area contributed by atoms with Gasteiger partial charge in [0, 0.05) is 56.9 Å². The average molecular weight is 391 g/mol. The van der Waals surface area contributed by atoms with Gasteiger partial charge in [-0.2, -0.15) is 4.98 Å². The Morgan fingerprint density at radius 3 is 2.24 bits per heavy atom. The van der Waals surface area contributed by atoms with Crippen molar-refractivity contribution >= 4 is 17.7 Å². The van der Waals surface area contributed by atoms with Crippen LogP contribution in [0.2, 0.25) is 0 Å². The summed E-state index contributed by atoms with van der Waals surface area (Å²) in [7, 11) is 1.67. The van der Waals surface area contributed by atoms with Crippen molar-refractivity contribution in [2.24, 2.45) is 0 Å². The minimum Gasteiger partial charge on any atom is -0.497 e. The summed E-state index contributed by atoms with van der Waals surface area (Å²) in [6, 6.07) is 11.8. The Labute approximate surface area is 170 Å². The number of rotatable bonds is 6. The molecular weight excluding hydrogens is 366 g/mol. The number of methoxy groups -OCH3 is 1. The maximum atomic E-state index is 5.21. The Hall–Kier alpha value is -3.42. The van der Waals surface area contributed by atoms with E-state index in [1.807, 2.05) is 43.3 Å². The van der Waals surface area contributed by atoms with Crippen LogP contribution in [0.5, 0.6) is 5.75 Å². The van der Waals surface area contributed by atoms with Gasteiger partial charge in [0.2, 0.25) is 11.9 Å². The second kappa shape index (κ2) is 8.72. The lowest BCUT2D eigenvalue weighted by atomic mass is 10.2. The summed E-state index contributed by atoms with van der Waals surface area (Å²) >= 11 is 0. The molecule has 3 heterocycles. The molecule has 1 saturated heterocycles. The van der Waals surface area contributed by atoms with Gasteiger partial charge < -0.3 is 19.9 Å². The fourth-order valence-electron chi connectivity index (χ4n) is 3.28. The van der Waals surface area contributed by atoms with E-state index in [9.17, 15) is 0 Å². The van der Waals surface area contributed by atoms with Gasteiger partial charge in [0.25, 0.3) is 0 Å². The van der Waals surface area contributed by atoms with Crippen molar-refractivity contribution in [3.8, 4) is 5.75 Å². The second-order valence-electron chi connectivity index (χ2n) is 6.92. The van der Waals surface area contributed by atoms with Crippen molar-refractivity contribution in [1.29, 1.82) is 0 Å². The number of aromatic nitrogens is 4. The topological polar surface area (TPSA) is 79.3 Å². The van der Waals surface area contributed by atoms with Crippen molar-refractivity contribution in [3.05, 3.63) is 60.0 Å². The summed E-state index contributed by atoms with van der Waals surface area (Å²) in [6.45, 7) is 6.04. The van der Waals surface area contributed by atoms with Crippen LogP contribution in [-0.4, -0.2) is 53.2 Å². The summed E-state index contributed by atoms with van der Waals surface area (Å²) in [5, 5.41) is 3.40. The Kier molecular flexibility index (Phi) is 5.69. The number of hydrogen-bond acceptors (Lipinski definition) is 8. The van der Waals surface area contributed by atoms with E-state index in [0.717, 1.165) is 55.3 Å². The molecule has 0 amide bonds. The standard InChI is InChI=1S/C21H25N7O/c1-16-14-19(24-15-17-4-6-18(29-2)7-5-17)26-21(25-16)28-12-10-27(11-13-28)20-22-8-3-9-23-20/h3-9,14H,10-13,15H2,1-2H3,(H,24,25,26). The van der Waals surface area contributed by atoms with Crippen molar-refractivity contribution in [3.63, 3.8) is 0 Å². The quantitative estimate of drug-likeness (QED) is 0.687. The predicted molar refractivity (Wildman–Crippen MR) is 114 cm³/mol. The van der Waals surface area contributed by atoms with E-state index < -0.39 is 0 Å². The number of anilines is 3. The van der Waals surface area contributed by atoms with Crippen molar-refractivity contribution in [1.82, 2.24) is 19.9 Å². The van der Waals surface area contributed by atoms with Crippen LogP contribution < -0.4 is 19.9 Å². The van der Waals surface area contributed by atoms with Crippen LogP contribution in [0.25, 0.3) is 0 Å². The highest BCUT2D eigenvalue weighted by Gasteiger charge is 2.21. The first kappa shape index (κ1) is 18.9. The molecule has 1 aromatic carbocycles. The van der Waals surface area contributed by atoms with Crippen molar-refractivity contribution in [2.75, 3.05) is 48.4 Å². The van der Waals surface area contributed by atoms with E-state index in [4.69, 9.17) is 9.72 Å². The third kappa shape index (κ3) is 4.71. The number of nitrogens with one attached hydrogen (secondary N) is 1. The monoisotopic (exact) mass is 391 g/mol. The van der Waals surface area contributed by atoms with Gasteiger partial charge in [-0.1, -0.05) is 12.1 Å². The SMILES string of the molecule is COc1ccc(CNc2cc(C)nc(N3CCN(c4ncccn4)CC3)n2)cc1. The lowest BCUT2D eigenvalue weighted by Gasteiger charge is -2.34. The molecule has 4 rings (SSSR count). The van der Waals surface area contributed by atoms with Gasteiger partial charge in [-0.05, 0) is 30.7 Å². The first-order valence-corrected chi connectivity index (χ1v) is 9.71. The molecule has 0 atom stereocenters. The molecule has 1 aliphatic heterocycles. The molecule has 0 spiro atoms. The minimum absolute atomic E-state index is 0.693. The molecule has 29 heavy (non-hydrogen) atoms. The summed E-state index contributed by atoms with van der Waals surface area (Å²) in [6.07, 6.45) is 3.55. The van der Waals surface area contributed by atoms with E-state index in [1.54, 1.807) is 19.5 Å². The van der Waals surface area contributed by atoms with Gasteiger partial charge in [0.1, 0.15) is 11.6 Å². The van der Waals surface area contributed by atoms with Crippen LogP contribution >= 0.6 is 0 Å². The van der Waals surface area contributed by atoms with Gasteiger partial charge in [-0.15, -0.1) is 0 Å². The van der Waals surface area contributed by atoms with Crippen LogP contribution in [0.1, 0.15) is 11.3 Å². The van der Waals surface area contributed by atoms with Crippen LogP contribution in [0.4, 0.5) is 17.7 Å². The summed E-state index contributed by atoms with van der Waals surface area (Å²) in [5.74, 6) is 3.22. The first-order chi connectivity index (χ1) is 14.2. The number of nitrogens with zero attached hydrogens (tertiary/aromatic N) is 6. The van der Waals surface area contributed by atoms with Gasteiger partial charge in [0.05, 0.1) is 7.11 Å². The lowest BCUT2D eigenvalue weighted by molar-refractivity contribution is 0.414. The van der Waals surface area contributed by atoms with Crippen LogP contribution in [0.3, 0.4) is 0 Å². The molecule has 1 N–H and O–H groups in total. The van der Waals surface area contributed by atoms with E-state index >= 15 is 0 Å². The van der Waals surface area contributed by atoms with Gasteiger partial charge in [-0.25, -0.2) is 15.0 Å². The van der Waals surface area contributed by atoms with Crippen LogP contribution in [0.15, 0.2) is 48.8 Å². The molecule has 1 fully saturated rings. The fourth-order valence-corrected chi connectivity index (χ4v) is 3.28. The zero-order valence-electron chi connectivity index (χ0n) is 16.7. The normalized spacial score (nSPS) is 14.0. The molecule has 0 bridgehead atoms. The Bertz CT molecular complexity index is 926. The average Bonchev–Trinajstić information content (AvgIpc) is 2.78. The summed E-state index contributed by atoms with van der Waals surface area (Å²) in [4.78, 5) is 22.5. The molecular formula is C21H25N7O. The number of aryl methyl sites for hydroxylation is 1. The summed E-state index contributed by atoms with van der Waals surface area (Å²) in [5.41, 5.74) is 2.11. The highest BCUT2D eigenvalue weighted by Crippen LogP contribution is 2.18. The van der Waals surface area contributed by atoms with Crippen molar-refractivity contribution < 1.29 is 4.74 Å². The minimum atomic E-state index is 0.693. The van der Waals surface area contributed by atoms with Gasteiger partial charge in [-0.3, -0.25) is 0 Å². The number of ether oxygens (including phenoxy) is 1. The summed E-state index contributed by atoms with van der Waals surface area (Å²) < 4.78 is 5.21. The molecule has 2 aromatic heterocycles. The maximum absolute atomic E-state index is 5.21. The molecule has 8 heteroatoms. The zero-order chi connectivity index (χ0) is 20.1. The number of hydrogen-bond donors (Lipinski definition) is 1. The van der Waals surface area contributed by atoms with Crippen LogP contribution in [-0.2, 0) is 6.54 Å². The Balaban J connectivity index is 1.39. The van der Waals surface area contributed by atoms with E-state index in [1.165, 1.54) is 5.56 Å². The molecule has 0 unspecified atom stereocenters. The highest BCUT2D eigenvalue weighted by atomic mass is 16.5. The molecule has 150 valence electrons. The predicted octanol–water partition coefficient (Wildman–Crippen LogP) is 2.52. The Morgan fingerprint density at radius 1 is 0.931 bits per heavy atom. The van der Waals surface area contributed by atoms with Gasteiger partial charge >= 0.3 is 0 Å². The molecule has 0 saturated carbocycles. The van der Waals surface area contributed by atoms with Crippen LogP contribution in [0, 0.1) is 6.92 Å².